The zero-order chi connectivity index (χ0) is 26.0. The molecule has 0 bridgehead atoms. The molecule has 0 aromatic heterocycles. The second-order valence-corrected chi connectivity index (χ2v) is 9.48. The Morgan fingerprint density at radius 1 is 0.410 bits per heavy atom. The summed E-state index contributed by atoms with van der Waals surface area (Å²) in [6.45, 7) is 0. The second-order valence-electron chi connectivity index (χ2n) is 9.48. The van der Waals surface area contributed by atoms with E-state index in [9.17, 15) is 0 Å². The molecule has 0 saturated heterocycles. The van der Waals surface area contributed by atoms with E-state index in [0.29, 0.717) is 0 Å². The van der Waals surface area contributed by atoms with E-state index in [2.05, 4.69) is 131 Å². The number of hydrogen-bond donors (Lipinski definition) is 0. The van der Waals surface area contributed by atoms with Crippen LogP contribution < -0.4 is 14.5 Å². The van der Waals surface area contributed by atoms with Crippen LogP contribution in [-0.2, 0) is 0 Å². The number of anilines is 6. The smallest absolute Gasteiger partial charge is 0.153 e. The Kier molecular flexibility index (Phi) is 5.80. The van der Waals surface area contributed by atoms with Crippen molar-refractivity contribution in [1.82, 2.24) is 0 Å². The van der Waals surface area contributed by atoms with Gasteiger partial charge in [-0.15, -0.1) is 0 Å². The number of hydrogen-bond acceptors (Lipinski definition) is 3. The summed E-state index contributed by atoms with van der Waals surface area (Å²) < 4.78 is 6.50. The van der Waals surface area contributed by atoms with Crippen LogP contribution in [0.4, 0.5) is 34.1 Å². The fourth-order valence-electron chi connectivity index (χ4n) is 5.20. The van der Waals surface area contributed by atoms with Crippen LogP contribution in [0.3, 0.4) is 0 Å². The van der Waals surface area contributed by atoms with Crippen molar-refractivity contribution >= 4 is 34.1 Å². The molecule has 3 nitrogen and oxygen atoms in total. The lowest BCUT2D eigenvalue weighted by atomic mass is 10.0. The molecule has 1 heterocycles. The molecule has 0 unspecified atom stereocenters. The molecule has 0 spiro atoms. The number of fused-ring (bicyclic) bond motifs is 2. The third-order valence-electron chi connectivity index (χ3n) is 7.03. The van der Waals surface area contributed by atoms with Crippen LogP contribution in [0.1, 0.15) is 0 Å². The van der Waals surface area contributed by atoms with Gasteiger partial charge in [0.25, 0.3) is 0 Å². The van der Waals surface area contributed by atoms with Gasteiger partial charge >= 0.3 is 0 Å². The Labute approximate surface area is 228 Å². The van der Waals surface area contributed by atoms with Crippen LogP contribution in [0, 0.1) is 0 Å². The quantitative estimate of drug-likeness (QED) is 0.233. The molecule has 0 atom stereocenters. The van der Waals surface area contributed by atoms with Crippen LogP contribution in [0.5, 0.6) is 11.5 Å². The van der Waals surface area contributed by atoms with E-state index in [1.807, 2.05) is 36.4 Å². The summed E-state index contributed by atoms with van der Waals surface area (Å²) in [4.78, 5) is 4.53. The maximum Gasteiger partial charge on any atom is 0.153 e. The average Bonchev–Trinajstić information content (AvgIpc) is 3.02. The van der Waals surface area contributed by atoms with Crippen molar-refractivity contribution in [2.45, 2.75) is 0 Å². The number of nitrogens with zero attached hydrogens (tertiary/aromatic N) is 2. The maximum absolute atomic E-state index is 6.50. The highest BCUT2D eigenvalue weighted by atomic mass is 16.5. The molecular weight excluding hydrogens is 476 g/mol. The number of benzene rings is 6. The van der Waals surface area contributed by atoms with Gasteiger partial charge in [0.1, 0.15) is 0 Å². The van der Waals surface area contributed by atoms with E-state index >= 15 is 0 Å². The van der Waals surface area contributed by atoms with Gasteiger partial charge in [-0.1, -0.05) is 91.0 Å². The Morgan fingerprint density at radius 3 is 1.69 bits per heavy atom. The molecular formula is C36H26N2O. The van der Waals surface area contributed by atoms with Crippen LogP contribution >= 0.6 is 0 Å². The lowest BCUT2D eigenvalue weighted by molar-refractivity contribution is 0.477. The molecule has 1 aliphatic heterocycles. The van der Waals surface area contributed by atoms with Crippen molar-refractivity contribution in [2.75, 3.05) is 9.80 Å². The first-order chi connectivity index (χ1) is 19.3. The fraction of sp³-hybridized carbons (Fsp3) is 0. The van der Waals surface area contributed by atoms with E-state index in [4.69, 9.17) is 4.74 Å². The SMILES string of the molecule is c1ccc(-c2ccc(N(c3ccccc3)c3ccc4c(c3)Oc3ccccc3N4c3ccccc3)cc2)cc1. The first-order valence-electron chi connectivity index (χ1n) is 13.1. The highest BCUT2D eigenvalue weighted by Crippen LogP contribution is 2.52. The Balaban J connectivity index is 1.33. The van der Waals surface area contributed by atoms with Gasteiger partial charge in [-0.25, -0.2) is 0 Å². The van der Waals surface area contributed by atoms with E-state index in [1.54, 1.807) is 0 Å². The lowest BCUT2D eigenvalue weighted by Crippen LogP contribution is -2.16. The third-order valence-corrected chi connectivity index (χ3v) is 7.03. The molecule has 0 aliphatic carbocycles. The van der Waals surface area contributed by atoms with Gasteiger partial charge in [0.2, 0.25) is 0 Å². The molecule has 39 heavy (non-hydrogen) atoms. The molecule has 0 N–H and O–H groups in total. The van der Waals surface area contributed by atoms with Crippen molar-refractivity contribution in [3.05, 3.63) is 158 Å². The Morgan fingerprint density at radius 2 is 0.949 bits per heavy atom. The Bertz CT molecular complexity index is 1720. The number of rotatable bonds is 5. The summed E-state index contributed by atoms with van der Waals surface area (Å²) in [7, 11) is 0. The summed E-state index contributed by atoms with van der Waals surface area (Å²) in [5, 5.41) is 0. The highest BCUT2D eigenvalue weighted by molar-refractivity contribution is 5.89. The van der Waals surface area contributed by atoms with Gasteiger partial charge < -0.3 is 14.5 Å². The van der Waals surface area contributed by atoms with Crippen LogP contribution in [-0.4, -0.2) is 0 Å². The van der Waals surface area contributed by atoms with Crippen LogP contribution in [0.15, 0.2) is 158 Å². The molecule has 186 valence electrons. The maximum atomic E-state index is 6.50. The second kappa shape index (κ2) is 9.88. The predicted octanol–water partition coefficient (Wildman–Crippen LogP) is 10.4. The Hall–Kier alpha value is -5.28. The number of ether oxygens (including phenoxy) is 1. The van der Waals surface area contributed by atoms with E-state index in [-0.39, 0.29) is 0 Å². The van der Waals surface area contributed by atoms with Gasteiger partial charge in [0, 0.05) is 28.8 Å². The molecule has 6 aromatic carbocycles. The molecule has 0 radical (unpaired) electrons. The van der Waals surface area contributed by atoms with Crippen molar-refractivity contribution in [2.24, 2.45) is 0 Å². The summed E-state index contributed by atoms with van der Waals surface area (Å²) in [5.74, 6) is 1.65. The largest absolute Gasteiger partial charge is 0.453 e. The summed E-state index contributed by atoms with van der Waals surface area (Å²) in [5.41, 5.74) is 8.72. The first kappa shape index (κ1) is 22.9. The predicted molar refractivity (Wildman–Crippen MR) is 161 cm³/mol. The van der Waals surface area contributed by atoms with E-state index < -0.39 is 0 Å². The van der Waals surface area contributed by atoms with Crippen molar-refractivity contribution in [3.63, 3.8) is 0 Å². The van der Waals surface area contributed by atoms with Crippen LogP contribution in [0.2, 0.25) is 0 Å². The number of para-hydroxylation sites is 4. The van der Waals surface area contributed by atoms with Gasteiger partial charge in [-0.2, -0.15) is 0 Å². The van der Waals surface area contributed by atoms with Crippen molar-refractivity contribution in [3.8, 4) is 22.6 Å². The molecule has 3 heteroatoms. The standard InChI is InChI=1S/C36H26N2O/c1-4-12-27(13-5-1)28-20-22-31(23-21-28)37(29-14-6-2-7-15-29)32-24-25-34-36(26-32)39-35-19-11-10-18-33(35)38(34)30-16-8-3-9-17-30/h1-26H. The van der Waals surface area contributed by atoms with E-state index in [1.165, 1.54) is 11.1 Å². The monoisotopic (exact) mass is 502 g/mol. The zero-order valence-corrected chi connectivity index (χ0v) is 21.3. The van der Waals surface area contributed by atoms with Crippen molar-refractivity contribution < 1.29 is 4.74 Å². The lowest BCUT2D eigenvalue weighted by Gasteiger charge is -2.34. The molecule has 6 aromatic rings. The van der Waals surface area contributed by atoms with Gasteiger partial charge in [-0.05, 0) is 71.8 Å². The molecule has 1 aliphatic rings. The normalized spacial score (nSPS) is 11.7. The highest BCUT2D eigenvalue weighted by Gasteiger charge is 2.26. The molecule has 7 rings (SSSR count). The minimum absolute atomic E-state index is 0.817. The minimum atomic E-state index is 0.817. The summed E-state index contributed by atoms with van der Waals surface area (Å²) in [6, 6.07) is 54.8. The molecule has 0 saturated carbocycles. The first-order valence-corrected chi connectivity index (χ1v) is 13.1. The summed E-state index contributed by atoms with van der Waals surface area (Å²) >= 11 is 0. The third kappa shape index (κ3) is 4.30. The van der Waals surface area contributed by atoms with E-state index in [0.717, 1.165) is 45.6 Å². The average molecular weight is 503 g/mol. The topological polar surface area (TPSA) is 15.7 Å². The van der Waals surface area contributed by atoms with Crippen molar-refractivity contribution in [1.29, 1.82) is 0 Å². The zero-order valence-electron chi connectivity index (χ0n) is 21.3. The molecule has 0 fully saturated rings. The molecule has 0 amide bonds. The minimum Gasteiger partial charge on any atom is -0.453 e. The van der Waals surface area contributed by atoms with Gasteiger partial charge in [-0.3, -0.25) is 0 Å². The van der Waals surface area contributed by atoms with Gasteiger partial charge in [0.05, 0.1) is 11.4 Å². The summed E-state index contributed by atoms with van der Waals surface area (Å²) in [6.07, 6.45) is 0. The van der Waals surface area contributed by atoms with Crippen LogP contribution in [0.25, 0.3) is 11.1 Å². The van der Waals surface area contributed by atoms with Gasteiger partial charge in [0.15, 0.2) is 11.5 Å². The fourth-order valence-corrected chi connectivity index (χ4v) is 5.20.